The average molecular weight is 445 g/mol. The van der Waals surface area contributed by atoms with Crippen molar-refractivity contribution in [1.29, 1.82) is 0 Å². The van der Waals surface area contributed by atoms with Crippen LogP contribution >= 0.6 is 0 Å². The summed E-state index contributed by atoms with van der Waals surface area (Å²) in [7, 11) is 0. The van der Waals surface area contributed by atoms with E-state index in [0.29, 0.717) is 40.7 Å². The number of H-pyrrole nitrogens is 1. The van der Waals surface area contributed by atoms with Gasteiger partial charge in [-0.3, -0.25) is 4.79 Å². The van der Waals surface area contributed by atoms with E-state index in [2.05, 4.69) is 16.6 Å². The van der Waals surface area contributed by atoms with Crippen molar-refractivity contribution in [3.05, 3.63) is 75.7 Å². The largest absolute Gasteiger partial charge is 0.573 e. The van der Waals surface area contributed by atoms with Gasteiger partial charge in [0.15, 0.2) is 5.43 Å². The van der Waals surface area contributed by atoms with Crippen LogP contribution in [0.2, 0.25) is 0 Å². The first-order valence-electron chi connectivity index (χ1n) is 10.3. The highest BCUT2D eigenvalue weighted by Gasteiger charge is 2.31. The van der Waals surface area contributed by atoms with Gasteiger partial charge in [-0.05, 0) is 67.1 Å². The lowest BCUT2D eigenvalue weighted by Gasteiger charge is -2.23. The fourth-order valence-electron chi connectivity index (χ4n) is 3.98. The van der Waals surface area contributed by atoms with Crippen molar-refractivity contribution in [3.8, 4) is 28.4 Å². The summed E-state index contributed by atoms with van der Waals surface area (Å²) in [5, 5.41) is 9.84. The average Bonchev–Trinajstić information content (AvgIpc) is 2.74. The first-order valence-corrected chi connectivity index (χ1v) is 10.3. The zero-order chi connectivity index (χ0) is 22.9. The predicted molar refractivity (Wildman–Crippen MR) is 113 cm³/mol. The van der Waals surface area contributed by atoms with Crippen LogP contribution in [0.5, 0.6) is 17.2 Å². The van der Waals surface area contributed by atoms with Crippen LogP contribution in [0, 0.1) is 5.92 Å². The number of nitrogens with one attached hydrogen (secondary N) is 1. The standard InChI is InChI=1S/C24H22F3NO4/c1-14-2-11-19-20(12-14)28-21(13-29)22(23(19)30)15-3-5-16(6-4-15)31-17-7-9-18(10-8-17)32-24(25,26)27/h3-10,14,29H,2,11-13H2,1H3,(H,28,30). The molecule has 0 radical (unpaired) electrons. The molecule has 0 fully saturated rings. The molecule has 1 aliphatic carbocycles. The van der Waals surface area contributed by atoms with Gasteiger partial charge in [-0.2, -0.15) is 0 Å². The van der Waals surface area contributed by atoms with Gasteiger partial charge in [0.1, 0.15) is 17.2 Å². The van der Waals surface area contributed by atoms with E-state index in [1.54, 1.807) is 24.3 Å². The predicted octanol–water partition coefficient (Wildman–Crippen LogP) is 5.35. The molecular formula is C24H22F3NO4. The second-order valence-electron chi connectivity index (χ2n) is 7.92. The quantitative estimate of drug-likeness (QED) is 0.555. The number of halogens is 3. The van der Waals surface area contributed by atoms with Crippen LogP contribution < -0.4 is 14.9 Å². The first kappa shape index (κ1) is 22.0. The zero-order valence-corrected chi connectivity index (χ0v) is 17.3. The molecule has 1 aliphatic rings. The number of pyridine rings is 1. The van der Waals surface area contributed by atoms with Gasteiger partial charge in [0, 0.05) is 11.3 Å². The van der Waals surface area contributed by atoms with Crippen molar-refractivity contribution in [1.82, 2.24) is 4.98 Å². The summed E-state index contributed by atoms with van der Waals surface area (Å²) >= 11 is 0. The Hall–Kier alpha value is -3.26. The number of aliphatic hydroxyl groups excluding tert-OH is 1. The summed E-state index contributed by atoms with van der Waals surface area (Å²) in [5.41, 5.74) is 3.19. The third-order valence-electron chi connectivity index (χ3n) is 5.50. The summed E-state index contributed by atoms with van der Waals surface area (Å²) < 4.78 is 46.3. The molecule has 1 heterocycles. The van der Waals surface area contributed by atoms with Gasteiger partial charge in [-0.25, -0.2) is 0 Å². The Labute approximate surface area is 182 Å². The van der Waals surface area contributed by atoms with E-state index in [4.69, 9.17) is 4.74 Å². The van der Waals surface area contributed by atoms with Crippen LogP contribution in [0.25, 0.3) is 11.1 Å². The van der Waals surface area contributed by atoms with E-state index in [1.807, 2.05) is 0 Å². The highest BCUT2D eigenvalue weighted by atomic mass is 19.4. The number of hydrogen-bond acceptors (Lipinski definition) is 4. The molecule has 0 aliphatic heterocycles. The van der Waals surface area contributed by atoms with Gasteiger partial charge in [-0.1, -0.05) is 19.1 Å². The van der Waals surface area contributed by atoms with Gasteiger partial charge in [0.25, 0.3) is 0 Å². The number of ether oxygens (including phenoxy) is 2. The van der Waals surface area contributed by atoms with E-state index in [1.165, 1.54) is 12.1 Å². The maximum atomic E-state index is 13.2. The summed E-state index contributed by atoms with van der Waals surface area (Å²) in [4.78, 5) is 16.4. The molecule has 0 bridgehead atoms. The minimum atomic E-state index is -4.75. The topological polar surface area (TPSA) is 71.6 Å². The molecule has 2 aromatic carbocycles. The summed E-state index contributed by atoms with van der Waals surface area (Å²) in [6.07, 6.45) is -2.30. The molecule has 32 heavy (non-hydrogen) atoms. The van der Waals surface area contributed by atoms with E-state index in [9.17, 15) is 23.1 Å². The number of aromatic amines is 1. The first-order chi connectivity index (χ1) is 15.2. The second-order valence-corrected chi connectivity index (χ2v) is 7.92. The lowest BCUT2D eigenvalue weighted by Crippen LogP contribution is -2.25. The molecule has 1 unspecified atom stereocenters. The van der Waals surface area contributed by atoms with Crippen LogP contribution in [0.4, 0.5) is 13.2 Å². The lowest BCUT2D eigenvalue weighted by atomic mass is 9.86. The van der Waals surface area contributed by atoms with Crippen LogP contribution in [-0.2, 0) is 19.4 Å². The van der Waals surface area contributed by atoms with Gasteiger partial charge < -0.3 is 19.6 Å². The molecular weight excluding hydrogens is 423 g/mol. The normalized spacial score (nSPS) is 15.8. The molecule has 5 nitrogen and oxygen atoms in total. The molecule has 8 heteroatoms. The van der Waals surface area contributed by atoms with Gasteiger partial charge in [0.2, 0.25) is 0 Å². The number of rotatable bonds is 5. The molecule has 1 aromatic heterocycles. The fourth-order valence-corrected chi connectivity index (χ4v) is 3.98. The SMILES string of the molecule is CC1CCc2c([nH]c(CO)c(-c3ccc(Oc4ccc(OC(F)(F)F)cc4)cc3)c2=O)C1. The van der Waals surface area contributed by atoms with Crippen molar-refractivity contribution >= 4 is 0 Å². The Morgan fingerprint density at radius 2 is 1.62 bits per heavy atom. The molecule has 2 N–H and O–H groups in total. The molecule has 3 aromatic rings. The molecule has 0 amide bonds. The van der Waals surface area contributed by atoms with Crippen LogP contribution in [0.3, 0.4) is 0 Å². The summed E-state index contributed by atoms with van der Waals surface area (Å²) in [5.74, 6) is 0.940. The molecule has 168 valence electrons. The molecule has 0 spiro atoms. The van der Waals surface area contributed by atoms with Gasteiger partial charge >= 0.3 is 6.36 Å². The number of aromatic nitrogens is 1. The Morgan fingerprint density at radius 3 is 2.22 bits per heavy atom. The van der Waals surface area contributed by atoms with Crippen molar-refractivity contribution in [2.75, 3.05) is 0 Å². The summed E-state index contributed by atoms with van der Waals surface area (Å²) in [6.45, 7) is 1.86. The zero-order valence-electron chi connectivity index (χ0n) is 17.3. The van der Waals surface area contributed by atoms with E-state index in [0.717, 1.165) is 36.2 Å². The minimum Gasteiger partial charge on any atom is -0.457 e. The Morgan fingerprint density at radius 1 is 1.03 bits per heavy atom. The van der Waals surface area contributed by atoms with Crippen molar-refractivity contribution < 1.29 is 27.8 Å². The third kappa shape index (κ3) is 4.80. The van der Waals surface area contributed by atoms with Crippen LogP contribution in [-0.4, -0.2) is 16.5 Å². The van der Waals surface area contributed by atoms with Crippen molar-refractivity contribution in [2.45, 2.75) is 39.2 Å². The van der Waals surface area contributed by atoms with Crippen molar-refractivity contribution in [3.63, 3.8) is 0 Å². The fraction of sp³-hybridized carbons (Fsp3) is 0.292. The Kier molecular flexibility index (Phi) is 5.97. The van der Waals surface area contributed by atoms with Gasteiger partial charge in [-0.15, -0.1) is 13.2 Å². The number of hydrogen-bond donors (Lipinski definition) is 2. The Balaban J connectivity index is 1.56. The lowest BCUT2D eigenvalue weighted by molar-refractivity contribution is -0.274. The number of aliphatic hydroxyl groups is 1. The highest BCUT2D eigenvalue weighted by Crippen LogP contribution is 2.30. The molecule has 0 saturated heterocycles. The second kappa shape index (κ2) is 8.70. The maximum Gasteiger partial charge on any atom is 0.573 e. The third-order valence-corrected chi connectivity index (χ3v) is 5.50. The van der Waals surface area contributed by atoms with Crippen molar-refractivity contribution in [2.24, 2.45) is 5.92 Å². The molecule has 0 saturated carbocycles. The molecule has 1 atom stereocenters. The van der Waals surface area contributed by atoms with E-state index >= 15 is 0 Å². The number of benzene rings is 2. The maximum absolute atomic E-state index is 13.2. The van der Waals surface area contributed by atoms with Gasteiger partial charge in [0.05, 0.1) is 17.9 Å². The smallest absolute Gasteiger partial charge is 0.457 e. The minimum absolute atomic E-state index is 0.0661. The Bertz CT molecular complexity index is 1150. The number of alkyl halides is 3. The van der Waals surface area contributed by atoms with Crippen LogP contribution in [0.15, 0.2) is 53.3 Å². The van der Waals surface area contributed by atoms with Crippen LogP contribution in [0.1, 0.15) is 30.3 Å². The number of fused-ring (bicyclic) bond motifs is 1. The van der Waals surface area contributed by atoms with E-state index < -0.39 is 6.36 Å². The summed E-state index contributed by atoms with van der Waals surface area (Å²) in [6, 6.07) is 11.8. The highest BCUT2D eigenvalue weighted by molar-refractivity contribution is 5.68. The molecule has 4 rings (SSSR count). The van der Waals surface area contributed by atoms with E-state index in [-0.39, 0.29) is 17.8 Å². The monoisotopic (exact) mass is 445 g/mol.